The molecule has 0 saturated heterocycles. The highest BCUT2D eigenvalue weighted by Gasteiger charge is 2.13. The van der Waals surface area contributed by atoms with Crippen LogP contribution in [0.15, 0.2) is 16.6 Å². The molecule has 0 aliphatic rings. The van der Waals surface area contributed by atoms with Gasteiger partial charge in [0.05, 0.1) is 15.9 Å². The molecule has 0 unspecified atom stereocenters. The van der Waals surface area contributed by atoms with E-state index in [-0.39, 0.29) is 0 Å². The molecule has 0 aliphatic carbocycles. The highest BCUT2D eigenvalue weighted by Crippen LogP contribution is 2.33. The Bertz CT molecular complexity index is 786. The Morgan fingerprint density at radius 3 is 2.47 bits per heavy atom. The molecule has 3 rings (SSSR count). The van der Waals surface area contributed by atoms with Gasteiger partial charge in [0, 0.05) is 10.2 Å². The van der Waals surface area contributed by atoms with Crippen LogP contribution < -0.4 is 0 Å². The molecule has 3 nitrogen and oxygen atoms in total. The Labute approximate surface area is 124 Å². The summed E-state index contributed by atoms with van der Waals surface area (Å²) >= 11 is 5.28. The van der Waals surface area contributed by atoms with Crippen LogP contribution in [0.1, 0.15) is 22.5 Å². The van der Waals surface area contributed by atoms with Gasteiger partial charge in [-0.2, -0.15) is 5.10 Å². The lowest BCUT2D eigenvalue weighted by Gasteiger charge is -2.02. The van der Waals surface area contributed by atoms with Crippen molar-refractivity contribution in [3.63, 3.8) is 0 Å². The van der Waals surface area contributed by atoms with Gasteiger partial charge < -0.3 is 0 Å². The van der Waals surface area contributed by atoms with Crippen molar-refractivity contribution in [1.82, 2.24) is 14.8 Å². The van der Waals surface area contributed by atoms with Crippen molar-refractivity contribution in [3.8, 4) is 5.13 Å². The molecule has 98 valence electrons. The van der Waals surface area contributed by atoms with Crippen molar-refractivity contribution in [3.05, 3.63) is 39.1 Å². The molecule has 0 fully saturated rings. The van der Waals surface area contributed by atoms with Gasteiger partial charge in [0.15, 0.2) is 0 Å². The number of fused-ring (bicyclic) bond motifs is 1. The molecule has 0 N–H and O–H groups in total. The minimum absolute atomic E-state index is 0.932. The molecule has 2 aromatic heterocycles. The largest absolute Gasteiger partial charge is 0.218 e. The van der Waals surface area contributed by atoms with Gasteiger partial charge in [-0.25, -0.2) is 9.67 Å². The lowest BCUT2D eigenvalue weighted by molar-refractivity contribution is 0.827. The van der Waals surface area contributed by atoms with Crippen molar-refractivity contribution < 1.29 is 0 Å². The summed E-state index contributed by atoms with van der Waals surface area (Å²) in [5.74, 6) is 0. The Balaban J connectivity index is 2.28. The SMILES string of the molecule is Cc1cc(C)n(-c2nc3c(C)c(C)c(Br)cc3s2)n1. The van der Waals surface area contributed by atoms with E-state index in [1.54, 1.807) is 11.3 Å². The monoisotopic (exact) mass is 335 g/mol. The van der Waals surface area contributed by atoms with Crippen LogP contribution >= 0.6 is 27.3 Å². The van der Waals surface area contributed by atoms with Crippen molar-refractivity contribution in [2.75, 3.05) is 0 Å². The Hall–Kier alpha value is -1.20. The molecule has 5 heteroatoms. The van der Waals surface area contributed by atoms with Crippen molar-refractivity contribution >= 4 is 37.5 Å². The van der Waals surface area contributed by atoms with Gasteiger partial charge in [0.1, 0.15) is 0 Å². The van der Waals surface area contributed by atoms with E-state index in [0.717, 1.165) is 26.5 Å². The van der Waals surface area contributed by atoms with Crippen LogP contribution in [0.5, 0.6) is 0 Å². The summed E-state index contributed by atoms with van der Waals surface area (Å²) in [5.41, 5.74) is 5.69. The topological polar surface area (TPSA) is 30.7 Å². The van der Waals surface area contributed by atoms with E-state index in [1.165, 1.54) is 15.8 Å². The first-order valence-corrected chi connectivity index (χ1v) is 7.68. The maximum Gasteiger partial charge on any atom is 0.211 e. The molecule has 2 heterocycles. The van der Waals surface area contributed by atoms with Crippen LogP contribution in [0.25, 0.3) is 15.3 Å². The Morgan fingerprint density at radius 2 is 1.84 bits per heavy atom. The first kappa shape index (κ1) is 12.8. The molecule has 3 aromatic rings. The molecule has 0 amide bonds. The molecule has 19 heavy (non-hydrogen) atoms. The van der Waals surface area contributed by atoms with Gasteiger partial charge in [-0.3, -0.25) is 0 Å². The zero-order chi connectivity index (χ0) is 13.7. The summed E-state index contributed by atoms with van der Waals surface area (Å²) in [6.07, 6.45) is 0. The highest BCUT2D eigenvalue weighted by atomic mass is 79.9. The van der Waals surface area contributed by atoms with E-state index < -0.39 is 0 Å². The average molecular weight is 336 g/mol. The van der Waals surface area contributed by atoms with E-state index in [9.17, 15) is 0 Å². The summed E-state index contributed by atoms with van der Waals surface area (Å²) in [6, 6.07) is 4.21. The second-order valence-electron chi connectivity index (χ2n) is 4.79. The predicted octanol–water partition coefficient (Wildman–Crippen LogP) is 4.48. The van der Waals surface area contributed by atoms with Crippen molar-refractivity contribution in [2.45, 2.75) is 27.7 Å². The maximum atomic E-state index is 4.76. The van der Waals surface area contributed by atoms with Crippen LogP contribution in [0.2, 0.25) is 0 Å². The molecular formula is C14H14BrN3S. The van der Waals surface area contributed by atoms with Gasteiger partial charge in [0.25, 0.3) is 0 Å². The van der Waals surface area contributed by atoms with Crippen molar-refractivity contribution in [1.29, 1.82) is 0 Å². The van der Waals surface area contributed by atoms with E-state index in [2.05, 4.69) is 53.9 Å². The number of benzene rings is 1. The van der Waals surface area contributed by atoms with Gasteiger partial charge in [0.2, 0.25) is 5.13 Å². The maximum absolute atomic E-state index is 4.76. The third kappa shape index (κ3) is 2.01. The van der Waals surface area contributed by atoms with E-state index in [1.807, 2.05) is 11.6 Å². The molecule has 0 radical (unpaired) electrons. The molecule has 0 bridgehead atoms. The van der Waals surface area contributed by atoms with Crippen LogP contribution in [-0.2, 0) is 0 Å². The van der Waals surface area contributed by atoms with Gasteiger partial charge >= 0.3 is 0 Å². The molecule has 0 spiro atoms. The lowest BCUT2D eigenvalue weighted by atomic mass is 10.1. The fourth-order valence-corrected chi connectivity index (χ4v) is 3.93. The third-order valence-corrected chi connectivity index (χ3v) is 5.17. The molecule has 0 atom stereocenters. The number of aromatic nitrogens is 3. The smallest absolute Gasteiger partial charge is 0.211 e. The quantitative estimate of drug-likeness (QED) is 0.656. The molecule has 0 aliphatic heterocycles. The van der Waals surface area contributed by atoms with E-state index in [4.69, 9.17) is 4.98 Å². The molecule has 1 aromatic carbocycles. The number of hydrogen-bond acceptors (Lipinski definition) is 3. The summed E-state index contributed by atoms with van der Waals surface area (Å²) in [5, 5.41) is 5.43. The van der Waals surface area contributed by atoms with E-state index >= 15 is 0 Å². The zero-order valence-corrected chi connectivity index (χ0v) is 13.7. The van der Waals surface area contributed by atoms with E-state index in [0.29, 0.717) is 0 Å². The van der Waals surface area contributed by atoms with Gasteiger partial charge in [-0.05, 0) is 51.0 Å². The average Bonchev–Trinajstić information content (AvgIpc) is 2.90. The fourth-order valence-electron chi connectivity index (χ4n) is 2.18. The van der Waals surface area contributed by atoms with Gasteiger partial charge in [-0.15, -0.1) is 0 Å². The summed E-state index contributed by atoms with van der Waals surface area (Å²) in [4.78, 5) is 4.76. The standard InChI is InChI=1S/C14H14BrN3S/c1-7-5-8(2)18(17-7)14-16-13-10(4)9(3)11(15)6-12(13)19-14/h5-6H,1-4H3. The highest BCUT2D eigenvalue weighted by molar-refractivity contribution is 9.10. The first-order valence-electron chi connectivity index (χ1n) is 6.07. The number of aryl methyl sites for hydroxylation is 3. The summed E-state index contributed by atoms with van der Waals surface area (Å²) < 4.78 is 4.25. The third-order valence-electron chi connectivity index (χ3n) is 3.37. The van der Waals surface area contributed by atoms with Crippen LogP contribution in [0.4, 0.5) is 0 Å². The molecule has 0 saturated carbocycles. The van der Waals surface area contributed by atoms with Crippen molar-refractivity contribution in [2.24, 2.45) is 0 Å². The lowest BCUT2D eigenvalue weighted by Crippen LogP contribution is -1.97. The number of nitrogens with zero attached hydrogens (tertiary/aromatic N) is 3. The Morgan fingerprint density at radius 1 is 1.11 bits per heavy atom. The Kier molecular flexibility index (Phi) is 2.98. The minimum atomic E-state index is 0.932. The fraction of sp³-hybridized carbons (Fsp3) is 0.286. The number of hydrogen-bond donors (Lipinski definition) is 0. The normalized spacial score (nSPS) is 11.4. The van der Waals surface area contributed by atoms with Crippen LogP contribution in [0, 0.1) is 27.7 Å². The zero-order valence-electron chi connectivity index (χ0n) is 11.3. The number of halogens is 1. The summed E-state index contributed by atoms with van der Waals surface area (Å²) in [6.45, 7) is 8.29. The second-order valence-corrected chi connectivity index (χ2v) is 6.65. The number of rotatable bonds is 1. The minimum Gasteiger partial charge on any atom is -0.218 e. The second kappa shape index (κ2) is 4.42. The predicted molar refractivity (Wildman–Crippen MR) is 83.4 cm³/mol. The number of thiazole rings is 1. The van der Waals surface area contributed by atoms with Gasteiger partial charge in [-0.1, -0.05) is 27.3 Å². The first-order chi connectivity index (χ1) is 8.97. The van der Waals surface area contributed by atoms with Crippen LogP contribution in [0.3, 0.4) is 0 Å². The summed E-state index contributed by atoms with van der Waals surface area (Å²) in [7, 11) is 0. The van der Waals surface area contributed by atoms with Crippen LogP contribution in [-0.4, -0.2) is 14.8 Å². The molecular weight excluding hydrogens is 322 g/mol.